The van der Waals surface area contributed by atoms with E-state index >= 15 is 0 Å². The summed E-state index contributed by atoms with van der Waals surface area (Å²) in [5, 5.41) is 8.04. The van der Waals surface area contributed by atoms with Gasteiger partial charge >= 0.3 is 5.97 Å². The Labute approximate surface area is 150 Å². The van der Waals surface area contributed by atoms with E-state index in [-0.39, 0.29) is 5.78 Å². The van der Waals surface area contributed by atoms with E-state index in [0.29, 0.717) is 28.9 Å². The minimum Gasteiger partial charge on any atom is -0.497 e. The summed E-state index contributed by atoms with van der Waals surface area (Å²) in [5.74, 6) is -0.203. The van der Waals surface area contributed by atoms with Crippen molar-refractivity contribution in [2.24, 2.45) is 0 Å². The average molecular weight is 353 g/mol. The number of hydrogen-bond acceptors (Lipinski definition) is 6. The van der Waals surface area contributed by atoms with E-state index in [1.807, 2.05) is 6.92 Å². The second kappa shape index (κ2) is 7.35. The Morgan fingerprint density at radius 3 is 2.46 bits per heavy atom. The number of ether oxygens (including phenoxy) is 2. The number of aromatic nitrogens is 3. The van der Waals surface area contributed by atoms with E-state index in [1.165, 1.54) is 0 Å². The molecule has 0 saturated heterocycles. The number of methoxy groups -OCH3 is 1. The number of esters is 1. The lowest BCUT2D eigenvalue weighted by atomic mass is 10.1. The van der Waals surface area contributed by atoms with Crippen LogP contribution in [0.2, 0.25) is 0 Å². The van der Waals surface area contributed by atoms with E-state index in [0.717, 1.165) is 5.52 Å². The molecule has 3 rings (SSSR count). The monoisotopic (exact) mass is 353 g/mol. The van der Waals surface area contributed by atoms with Gasteiger partial charge in [0.15, 0.2) is 6.10 Å². The molecule has 0 fully saturated rings. The molecule has 0 radical (unpaired) electrons. The Bertz CT molecular complexity index is 947. The molecule has 0 bridgehead atoms. The molecule has 26 heavy (non-hydrogen) atoms. The van der Waals surface area contributed by atoms with Crippen LogP contribution in [0.5, 0.6) is 5.75 Å². The van der Waals surface area contributed by atoms with Gasteiger partial charge in [0, 0.05) is 12.1 Å². The summed E-state index contributed by atoms with van der Waals surface area (Å²) in [6, 6.07) is 11.7. The molecule has 0 unspecified atom stereocenters. The van der Waals surface area contributed by atoms with Crippen molar-refractivity contribution in [1.82, 2.24) is 15.0 Å². The molecule has 0 saturated carbocycles. The number of Topliss-reactive ketones (excluding diaryl/α,β-unsaturated/α-hetero) is 1. The molecular weight excluding hydrogens is 334 g/mol. The molecule has 0 N–H and O–H groups in total. The molecule has 0 aliphatic carbocycles. The lowest BCUT2D eigenvalue weighted by molar-refractivity contribution is 0.0319. The number of nitrogens with zero attached hydrogens (tertiary/aromatic N) is 3. The molecule has 0 aliphatic heterocycles. The van der Waals surface area contributed by atoms with Gasteiger partial charge in [-0.05, 0) is 56.3 Å². The molecule has 0 amide bonds. The van der Waals surface area contributed by atoms with Crippen LogP contribution in [0.25, 0.3) is 11.0 Å². The molecular formula is C19H19N3O4. The molecule has 1 aromatic heterocycles. The largest absolute Gasteiger partial charge is 0.497 e. The smallest absolute Gasteiger partial charge is 0.338 e. The number of fused-ring (bicyclic) bond motifs is 1. The van der Waals surface area contributed by atoms with Crippen molar-refractivity contribution >= 4 is 22.8 Å². The predicted octanol–water partition coefficient (Wildman–Crippen LogP) is 2.89. The highest BCUT2D eigenvalue weighted by Crippen LogP contribution is 2.17. The maximum Gasteiger partial charge on any atom is 0.338 e. The fraction of sp³-hybridized carbons (Fsp3) is 0.263. The first-order valence-corrected chi connectivity index (χ1v) is 8.26. The van der Waals surface area contributed by atoms with Gasteiger partial charge in [-0.1, -0.05) is 5.21 Å². The van der Waals surface area contributed by atoms with Crippen molar-refractivity contribution < 1.29 is 19.1 Å². The van der Waals surface area contributed by atoms with Crippen molar-refractivity contribution in [1.29, 1.82) is 0 Å². The van der Waals surface area contributed by atoms with Crippen molar-refractivity contribution in [3.63, 3.8) is 0 Å². The molecule has 0 aliphatic rings. The van der Waals surface area contributed by atoms with Crippen LogP contribution in [0, 0.1) is 0 Å². The van der Waals surface area contributed by atoms with E-state index in [2.05, 4.69) is 10.3 Å². The highest BCUT2D eigenvalue weighted by Gasteiger charge is 2.21. The molecule has 7 nitrogen and oxygen atoms in total. The van der Waals surface area contributed by atoms with Crippen molar-refractivity contribution in [2.45, 2.75) is 26.5 Å². The third-order valence-corrected chi connectivity index (χ3v) is 4.08. The molecule has 0 spiro atoms. The van der Waals surface area contributed by atoms with Gasteiger partial charge in [-0.3, -0.25) is 4.79 Å². The predicted molar refractivity (Wildman–Crippen MR) is 95.4 cm³/mol. The molecule has 3 aromatic rings. The highest BCUT2D eigenvalue weighted by atomic mass is 16.5. The van der Waals surface area contributed by atoms with E-state index in [4.69, 9.17) is 9.47 Å². The maximum absolute atomic E-state index is 12.4. The van der Waals surface area contributed by atoms with Crippen LogP contribution in [0.4, 0.5) is 0 Å². The van der Waals surface area contributed by atoms with Gasteiger partial charge in [-0.15, -0.1) is 5.10 Å². The normalized spacial score (nSPS) is 12.0. The Morgan fingerprint density at radius 2 is 1.81 bits per heavy atom. The average Bonchev–Trinajstić information content (AvgIpc) is 3.09. The Balaban J connectivity index is 1.72. The van der Waals surface area contributed by atoms with Crippen molar-refractivity contribution in [3.05, 3.63) is 53.6 Å². The minimum atomic E-state index is -0.905. The molecule has 134 valence electrons. The summed E-state index contributed by atoms with van der Waals surface area (Å²) >= 11 is 0. The molecule has 1 heterocycles. The van der Waals surface area contributed by atoms with E-state index < -0.39 is 12.1 Å². The summed E-state index contributed by atoms with van der Waals surface area (Å²) in [7, 11) is 1.55. The zero-order valence-corrected chi connectivity index (χ0v) is 14.8. The summed E-state index contributed by atoms with van der Waals surface area (Å²) in [6.07, 6.45) is -0.905. The lowest BCUT2D eigenvalue weighted by Crippen LogP contribution is -2.24. The van der Waals surface area contributed by atoms with Gasteiger partial charge in [0.2, 0.25) is 5.78 Å². The van der Waals surface area contributed by atoms with Gasteiger partial charge in [-0.2, -0.15) is 0 Å². The first kappa shape index (κ1) is 17.6. The minimum absolute atomic E-state index is 0.279. The second-order valence-electron chi connectivity index (χ2n) is 5.75. The highest BCUT2D eigenvalue weighted by molar-refractivity contribution is 6.02. The number of carbonyl (C=O) groups excluding carboxylic acids is 2. The number of ketones is 1. The van der Waals surface area contributed by atoms with Crippen molar-refractivity contribution in [3.8, 4) is 5.75 Å². The quantitative estimate of drug-likeness (QED) is 0.500. The standard InChI is InChI=1S/C19H19N3O4/c1-4-22-17-10-7-14(11-16(17)20-21-22)19(24)26-12(2)18(23)13-5-8-15(25-3)9-6-13/h5-12H,4H2,1-3H3/t12-/m0/s1. The van der Waals surface area contributed by atoms with Crippen LogP contribution in [0.3, 0.4) is 0 Å². The number of carbonyl (C=O) groups is 2. The maximum atomic E-state index is 12.4. The number of rotatable bonds is 6. The lowest BCUT2D eigenvalue weighted by Gasteiger charge is -2.12. The summed E-state index contributed by atoms with van der Waals surface area (Å²) in [5.41, 5.74) is 2.23. The van der Waals surface area contributed by atoms with Gasteiger partial charge in [0.1, 0.15) is 11.3 Å². The molecule has 7 heteroatoms. The molecule has 2 aromatic carbocycles. The van der Waals surface area contributed by atoms with Gasteiger partial charge in [0.05, 0.1) is 18.2 Å². The van der Waals surface area contributed by atoms with Crippen LogP contribution in [0.15, 0.2) is 42.5 Å². The summed E-state index contributed by atoms with van der Waals surface area (Å²) in [6.45, 7) is 4.20. The third-order valence-electron chi connectivity index (χ3n) is 4.08. The Hall–Kier alpha value is -3.22. The number of aryl methyl sites for hydroxylation is 1. The zero-order chi connectivity index (χ0) is 18.7. The Morgan fingerprint density at radius 1 is 1.12 bits per heavy atom. The second-order valence-corrected chi connectivity index (χ2v) is 5.75. The number of hydrogen-bond donors (Lipinski definition) is 0. The van der Waals surface area contributed by atoms with Crippen molar-refractivity contribution in [2.75, 3.05) is 7.11 Å². The van der Waals surface area contributed by atoms with Crippen LogP contribution in [-0.2, 0) is 11.3 Å². The van der Waals surface area contributed by atoms with E-state index in [9.17, 15) is 9.59 Å². The fourth-order valence-corrected chi connectivity index (χ4v) is 2.60. The SMILES string of the molecule is CCn1nnc2cc(C(=O)O[C@@H](C)C(=O)c3ccc(OC)cc3)ccc21. The third kappa shape index (κ3) is 3.42. The van der Waals surface area contributed by atoms with Crippen LogP contribution in [0.1, 0.15) is 34.6 Å². The van der Waals surface area contributed by atoms with Gasteiger partial charge in [-0.25, -0.2) is 9.48 Å². The first-order valence-electron chi connectivity index (χ1n) is 8.26. The Kier molecular flexibility index (Phi) is 4.97. The summed E-state index contributed by atoms with van der Waals surface area (Å²) in [4.78, 5) is 24.8. The number of benzene rings is 2. The fourth-order valence-electron chi connectivity index (χ4n) is 2.60. The van der Waals surface area contributed by atoms with Crippen LogP contribution >= 0.6 is 0 Å². The van der Waals surface area contributed by atoms with Crippen LogP contribution in [-0.4, -0.2) is 40.0 Å². The topological polar surface area (TPSA) is 83.3 Å². The van der Waals surface area contributed by atoms with Gasteiger partial charge in [0.25, 0.3) is 0 Å². The van der Waals surface area contributed by atoms with Crippen LogP contribution < -0.4 is 4.74 Å². The zero-order valence-electron chi connectivity index (χ0n) is 14.8. The molecule has 1 atom stereocenters. The van der Waals surface area contributed by atoms with E-state index in [1.54, 1.807) is 61.2 Å². The van der Waals surface area contributed by atoms with Gasteiger partial charge < -0.3 is 9.47 Å². The summed E-state index contributed by atoms with van der Waals surface area (Å²) < 4.78 is 12.1. The first-order chi connectivity index (χ1) is 12.5.